The summed E-state index contributed by atoms with van der Waals surface area (Å²) in [6.45, 7) is 1.36. The number of rotatable bonds is 6. The van der Waals surface area contributed by atoms with E-state index in [4.69, 9.17) is 9.47 Å². The first-order valence-electron chi connectivity index (χ1n) is 9.23. The Morgan fingerprint density at radius 1 is 1.14 bits per heavy atom. The molecule has 5 nitrogen and oxygen atoms in total. The summed E-state index contributed by atoms with van der Waals surface area (Å²) in [5.41, 5.74) is 1.29. The standard InChI is InChI=1S/C21H22F3NO4/c1-27-18-5-2-4-16(12-18)20(26)25-11-3-6-19(13-25)28-14-15-7-9-17(10-8-15)29-21(22,23)24/h2,4-5,7-10,12,19H,3,6,11,13-14H2,1H3. The summed E-state index contributed by atoms with van der Waals surface area (Å²) >= 11 is 0. The normalized spacial score (nSPS) is 17.1. The van der Waals surface area contributed by atoms with Gasteiger partial charge in [0.1, 0.15) is 11.5 Å². The average molecular weight is 409 g/mol. The molecular weight excluding hydrogens is 387 g/mol. The van der Waals surface area contributed by atoms with Gasteiger partial charge in [0, 0.05) is 18.7 Å². The van der Waals surface area contributed by atoms with Crippen molar-refractivity contribution < 1.29 is 32.2 Å². The summed E-state index contributed by atoms with van der Waals surface area (Å²) in [5, 5.41) is 0. The molecule has 1 saturated heterocycles. The highest BCUT2D eigenvalue weighted by Crippen LogP contribution is 2.24. The highest BCUT2D eigenvalue weighted by molar-refractivity contribution is 5.94. The number of carbonyl (C=O) groups excluding carboxylic acids is 1. The Balaban J connectivity index is 1.53. The van der Waals surface area contributed by atoms with Crippen molar-refractivity contribution in [2.45, 2.75) is 31.9 Å². The van der Waals surface area contributed by atoms with Gasteiger partial charge in [0.25, 0.3) is 5.91 Å². The van der Waals surface area contributed by atoms with Crippen molar-refractivity contribution in [3.05, 3.63) is 59.7 Å². The van der Waals surface area contributed by atoms with Gasteiger partial charge >= 0.3 is 6.36 Å². The van der Waals surface area contributed by atoms with Crippen molar-refractivity contribution in [2.24, 2.45) is 0 Å². The summed E-state index contributed by atoms with van der Waals surface area (Å²) < 4.78 is 51.6. The summed E-state index contributed by atoms with van der Waals surface area (Å²) in [6, 6.07) is 12.6. The second-order valence-corrected chi connectivity index (χ2v) is 6.75. The smallest absolute Gasteiger partial charge is 0.497 e. The molecular formula is C21H22F3NO4. The van der Waals surface area contributed by atoms with Crippen LogP contribution in [0.15, 0.2) is 48.5 Å². The molecule has 0 aromatic heterocycles. The number of ether oxygens (including phenoxy) is 3. The Morgan fingerprint density at radius 2 is 1.90 bits per heavy atom. The monoisotopic (exact) mass is 409 g/mol. The minimum atomic E-state index is -4.71. The number of piperidine rings is 1. The summed E-state index contributed by atoms with van der Waals surface area (Å²) in [7, 11) is 1.55. The van der Waals surface area contributed by atoms with Crippen LogP contribution in [0.1, 0.15) is 28.8 Å². The Hall–Kier alpha value is -2.74. The maximum absolute atomic E-state index is 12.7. The molecule has 0 spiro atoms. The van der Waals surface area contributed by atoms with Gasteiger partial charge in [-0.1, -0.05) is 18.2 Å². The topological polar surface area (TPSA) is 48.0 Å². The zero-order valence-corrected chi connectivity index (χ0v) is 15.9. The first-order valence-corrected chi connectivity index (χ1v) is 9.23. The SMILES string of the molecule is COc1cccc(C(=O)N2CCCC(OCc3ccc(OC(F)(F)F)cc3)C2)c1. The summed E-state index contributed by atoms with van der Waals surface area (Å²) in [4.78, 5) is 14.5. The molecule has 2 aromatic carbocycles. The maximum Gasteiger partial charge on any atom is 0.573 e. The highest BCUT2D eigenvalue weighted by atomic mass is 19.4. The number of likely N-dealkylation sites (tertiary alicyclic amines) is 1. The zero-order chi connectivity index (χ0) is 20.9. The van der Waals surface area contributed by atoms with Crippen LogP contribution < -0.4 is 9.47 Å². The quantitative estimate of drug-likeness (QED) is 0.709. The van der Waals surface area contributed by atoms with E-state index in [9.17, 15) is 18.0 Å². The minimum absolute atomic E-state index is 0.0779. The van der Waals surface area contributed by atoms with E-state index in [-0.39, 0.29) is 24.4 Å². The van der Waals surface area contributed by atoms with Gasteiger partial charge in [-0.2, -0.15) is 0 Å². The molecule has 8 heteroatoms. The highest BCUT2D eigenvalue weighted by Gasteiger charge is 2.31. The van der Waals surface area contributed by atoms with Crippen LogP contribution >= 0.6 is 0 Å². The van der Waals surface area contributed by atoms with Crippen LogP contribution in [0.3, 0.4) is 0 Å². The molecule has 2 aromatic rings. The van der Waals surface area contributed by atoms with E-state index in [2.05, 4.69) is 4.74 Å². The maximum atomic E-state index is 12.7. The Kier molecular flexibility index (Phi) is 6.64. The van der Waals surface area contributed by atoms with Crippen molar-refractivity contribution >= 4 is 5.91 Å². The number of hydrogen-bond acceptors (Lipinski definition) is 4. The lowest BCUT2D eigenvalue weighted by Gasteiger charge is -2.32. The zero-order valence-electron chi connectivity index (χ0n) is 15.9. The second kappa shape index (κ2) is 9.17. The first-order chi connectivity index (χ1) is 13.8. The molecule has 1 fully saturated rings. The molecule has 1 atom stereocenters. The fourth-order valence-corrected chi connectivity index (χ4v) is 3.20. The number of halogens is 3. The van der Waals surface area contributed by atoms with E-state index < -0.39 is 6.36 Å². The minimum Gasteiger partial charge on any atom is -0.497 e. The molecule has 29 heavy (non-hydrogen) atoms. The van der Waals surface area contributed by atoms with E-state index >= 15 is 0 Å². The third-order valence-corrected chi connectivity index (χ3v) is 4.62. The van der Waals surface area contributed by atoms with E-state index in [1.54, 1.807) is 36.3 Å². The van der Waals surface area contributed by atoms with E-state index in [1.165, 1.54) is 24.3 Å². The van der Waals surface area contributed by atoms with Crippen LogP contribution in [0.2, 0.25) is 0 Å². The number of alkyl halides is 3. The van der Waals surface area contributed by atoms with Gasteiger partial charge in [0.05, 0.1) is 19.8 Å². The number of benzene rings is 2. The van der Waals surface area contributed by atoms with Gasteiger partial charge < -0.3 is 19.1 Å². The number of hydrogen-bond donors (Lipinski definition) is 0. The Bertz CT molecular complexity index is 823. The fourth-order valence-electron chi connectivity index (χ4n) is 3.20. The third-order valence-electron chi connectivity index (χ3n) is 4.62. The molecule has 1 unspecified atom stereocenters. The van der Waals surface area contributed by atoms with Gasteiger partial charge in [0.2, 0.25) is 0 Å². The lowest BCUT2D eigenvalue weighted by Crippen LogP contribution is -2.43. The first kappa shape index (κ1) is 21.0. The lowest BCUT2D eigenvalue weighted by molar-refractivity contribution is -0.274. The molecule has 156 valence electrons. The van der Waals surface area contributed by atoms with Crippen molar-refractivity contribution in [2.75, 3.05) is 20.2 Å². The van der Waals surface area contributed by atoms with Gasteiger partial charge in [-0.15, -0.1) is 13.2 Å². The number of carbonyl (C=O) groups is 1. The van der Waals surface area contributed by atoms with Crippen molar-refractivity contribution in [3.8, 4) is 11.5 Å². The van der Waals surface area contributed by atoms with Crippen LogP contribution in [0.4, 0.5) is 13.2 Å². The van der Waals surface area contributed by atoms with Crippen LogP contribution in [-0.2, 0) is 11.3 Å². The molecule has 1 amide bonds. The molecule has 1 aliphatic heterocycles. The fraction of sp³-hybridized carbons (Fsp3) is 0.381. The van der Waals surface area contributed by atoms with Crippen molar-refractivity contribution in [3.63, 3.8) is 0 Å². The molecule has 3 rings (SSSR count). The van der Waals surface area contributed by atoms with Crippen LogP contribution in [0, 0.1) is 0 Å². The molecule has 0 N–H and O–H groups in total. The molecule has 1 aliphatic rings. The average Bonchev–Trinajstić information content (AvgIpc) is 2.72. The van der Waals surface area contributed by atoms with Gasteiger partial charge in [0.15, 0.2) is 0 Å². The van der Waals surface area contributed by atoms with Crippen LogP contribution in [-0.4, -0.2) is 43.5 Å². The van der Waals surface area contributed by atoms with E-state index in [0.717, 1.165) is 18.4 Å². The largest absolute Gasteiger partial charge is 0.573 e. The Labute approximate surface area is 167 Å². The van der Waals surface area contributed by atoms with Crippen molar-refractivity contribution in [1.29, 1.82) is 0 Å². The van der Waals surface area contributed by atoms with Gasteiger partial charge in [-0.05, 0) is 48.7 Å². The molecule has 1 heterocycles. The third kappa shape index (κ3) is 6.12. The number of methoxy groups -OCH3 is 1. The van der Waals surface area contributed by atoms with Gasteiger partial charge in [-0.25, -0.2) is 0 Å². The lowest BCUT2D eigenvalue weighted by atomic mass is 10.1. The summed E-state index contributed by atoms with van der Waals surface area (Å²) in [6.07, 6.45) is -3.21. The van der Waals surface area contributed by atoms with Crippen LogP contribution in [0.5, 0.6) is 11.5 Å². The number of amides is 1. The van der Waals surface area contributed by atoms with E-state index in [0.29, 0.717) is 24.4 Å². The predicted molar refractivity (Wildman–Crippen MR) is 99.8 cm³/mol. The molecule has 0 saturated carbocycles. The number of nitrogens with zero attached hydrogens (tertiary/aromatic N) is 1. The predicted octanol–water partition coefficient (Wildman–Crippen LogP) is 4.42. The molecule has 0 radical (unpaired) electrons. The van der Waals surface area contributed by atoms with Crippen molar-refractivity contribution in [1.82, 2.24) is 4.90 Å². The van der Waals surface area contributed by atoms with Crippen LogP contribution in [0.25, 0.3) is 0 Å². The van der Waals surface area contributed by atoms with Gasteiger partial charge in [-0.3, -0.25) is 4.79 Å². The Morgan fingerprint density at radius 3 is 2.59 bits per heavy atom. The summed E-state index contributed by atoms with van der Waals surface area (Å²) in [5.74, 6) is 0.276. The molecule has 0 bridgehead atoms. The second-order valence-electron chi connectivity index (χ2n) is 6.75. The van der Waals surface area contributed by atoms with E-state index in [1.807, 2.05) is 0 Å². The molecule has 0 aliphatic carbocycles.